The predicted octanol–water partition coefficient (Wildman–Crippen LogP) is 4.82. The van der Waals surface area contributed by atoms with Crippen LogP contribution in [0.5, 0.6) is 0 Å². The largest absolute Gasteiger partial charge is 0.469 e. The van der Waals surface area contributed by atoms with Crippen molar-refractivity contribution in [3.63, 3.8) is 0 Å². The second-order valence-corrected chi connectivity index (χ2v) is 12.4. The van der Waals surface area contributed by atoms with Gasteiger partial charge in [-0.2, -0.15) is 0 Å². The van der Waals surface area contributed by atoms with Crippen LogP contribution in [0.25, 0.3) is 0 Å². The van der Waals surface area contributed by atoms with E-state index < -0.39 is 8.07 Å². The Hall–Kier alpha value is -1.87. The number of methoxy groups -OCH3 is 1. The molecule has 0 bridgehead atoms. The molecular weight excluding hydrogens is 324 g/mol. The lowest BCUT2D eigenvalue weighted by Crippen LogP contribution is -2.41. The normalized spacial score (nSPS) is 12.7. The number of ether oxygens (including phenoxy) is 1. The molecular formula is C22H30O2Si. The lowest BCUT2D eigenvalue weighted by atomic mass is 10.0. The summed E-state index contributed by atoms with van der Waals surface area (Å²) in [7, 11) is -0.0118. The van der Waals surface area contributed by atoms with Gasteiger partial charge in [0.2, 0.25) is 0 Å². The second-order valence-electron chi connectivity index (χ2n) is 7.59. The molecule has 2 aromatic carbocycles. The summed E-state index contributed by atoms with van der Waals surface area (Å²) in [5.41, 5.74) is 3.78. The van der Waals surface area contributed by atoms with E-state index in [1.54, 1.807) is 0 Å². The SMILES string of the molecule is COC(=O)[C@@H](C)c1ccc([Si](C)(C)CCCc2ccc(C)cc2)cc1. The van der Waals surface area contributed by atoms with Gasteiger partial charge in [0.15, 0.2) is 0 Å². The molecule has 134 valence electrons. The summed E-state index contributed by atoms with van der Waals surface area (Å²) in [6.45, 7) is 8.89. The van der Waals surface area contributed by atoms with Crippen LogP contribution in [0.2, 0.25) is 19.1 Å². The molecule has 0 aliphatic carbocycles. The fourth-order valence-corrected chi connectivity index (χ4v) is 5.59. The third-order valence-corrected chi connectivity index (χ3v) is 8.63. The third kappa shape index (κ3) is 5.30. The molecule has 2 aromatic rings. The fourth-order valence-electron chi connectivity index (χ4n) is 3.17. The van der Waals surface area contributed by atoms with Crippen molar-refractivity contribution in [2.45, 2.75) is 51.7 Å². The summed E-state index contributed by atoms with van der Waals surface area (Å²) < 4.78 is 4.84. The predicted molar refractivity (Wildman–Crippen MR) is 108 cm³/mol. The van der Waals surface area contributed by atoms with Gasteiger partial charge >= 0.3 is 5.97 Å². The summed E-state index contributed by atoms with van der Waals surface area (Å²) in [6, 6.07) is 18.8. The molecule has 0 fully saturated rings. The number of rotatable bonds is 7. The average Bonchev–Trinajstić information content (AvgIpc) is 2.62. The van der Waals surface area contributed by atoms with Crippen molar-refractivity contribution in [2.24, 2.45) is 0 Å². The molecule has 2 nitrogen and oxygen atoms in total. The van der Waals surface area contributed by atoms with Crippen LogP contribution in [0.1, 0.15) is 36.0 Å². The number of carbonyl (C=O) groups excluding carboxylic acids is 1. The highest BCUT2D eigenvalue weighted by Crippen LogP contribution is 2.19. The highest BCUT2D eigenvalue weighted by atomic mass is 28.3. The molecule has 1 atom stereocenters. The zero-order valence-corrected chi connectivity index (χ0v) is 17.1. The zero-order chi connectivity index (χ0) is 18.4. The first kappa shape index (κ1) is 19.5. The van der Waals surface area contributed by atoms with Crippen LogP contribution in [-0.4, -0.2) is 21.2 Å². The van der Waals surface area contributed by atoms with Crippen molar-refractivity contribution in [3.8, 4) is 0 Å². The molecule has 2 rings (SSSR count). The molecule has 0 aliphatic heterocycles. The van der Waals surface area contributed by atoms with Crippen LogP contribution < -0.4 is 5.19 Å². The van der Waals surface area contributed by atoms with Gasteiger partial charge in [0, 0.05) is 0 Å². The van der Waals surface area contributed by atoms with Crippen LogP contribution in [0.4, 0.5) is 0 Å². The third-order valence-electron chi connectivity index (χ3n) is 5.13. The molecule has 0 aromatic heterocycles. The van der Waals surface area contributed by atoms with Gasteiger partial charge in [-0.05, 0) is 31.4 Å². The summed E-state index contributed by atoms with van der Waals surface area (Å²) in [5.74, 6) is -0.382. The van der Waals surface area contributed by atoms with Gasteiger partial charge in [0.1, 0.15) is 0 Å². The smallest absolute Gasteiger partial charge is 0.312 e. The lowest BCUT2D eigenvalue weighted by molar-refractivity contribution is -0.141. The van der Waals surface area contributed by atoms with Gasteiger partial charge < -0.3 is 4.74 Å². The second kappa shape index (κ2) is 8.48. The monoisotopic (exact) mass is 354 g/mol. The maximum absolute atomic E-state index is 11.7. The van der Waals surface area contributed by atoms with Crippen molar-refractivity contribution < 1.29 is 9.53 Å². The topological polar surface area (TPSA) is 26.3 Å². The van der Waals surface area contributed by atoms with Crippen molar-refractivity contribution in [1.82, 2.24) is 0 Å². The van der Waals surface area contributed by atoms with E-state index in [2.05, 4.69) is 68.5 Å². The zero-order valence-electron chi connectivity index (χ0n) is 16.1. The van der Waals surface area contributed by atoms with Gasteiger partial charge in [-0.15, -0.1) is 0 Å². The highest BCUT2D eigenvalue weighted by molar-refractivity contribution is 6.89. The molecule has 3 heteroatoms. The van der Waals surface area contributed by atoms with Crippen LogP contribution in [0.3, 0.4) is 0 Å². The summed E-state index contributed by atoms with van der Waals surface area (Å²) in [6.07, 6.45) is 2.37. The molecule has 0 heterocycles. The molecule has 0 unspecified atom stereocenters. The Labute approximate surface area is 153 Å². The Morgan fingerprint density at radius 3 is 2.20 bits per heavy atom. The Bertz CT molecular complexity index is 687. The Kier molecular flexibility index (Phi) is 6.60. The van der Waals surface area contributed by atoms with E-state index in [4.69, 9.17) is 4.74 Å². The van der Waals surface area contributed by atoms with Crippen LogP contribution in [0, 0.1) is 6.92 Å². The minimum Gasteiger partial charge on any atom is -0.469 e. The van der Waals surface area contributed by atoms with E-state index in [9.17, 15) is 4.79 Å². The molecule has 0 saturated heterocycles. The molecule has 0 N–H and O–H groups in total. The number of aryl methyl sites for hydroxylation is 2. The summed E-state index contributed by atoms with van der Waals surface area (Å²) >= 11 is 0. The van der Waals surface area contributed by atoms with E-state index >= 15 is 0 Å². The Morgan fingerprint density at radius 2 is 1.64 bits per heavy atom. The first-order chi connectivity index (χ1) is 11.8. The quantitative estimate of drug-likeness (QED) is 0.526. The van der Waals surface area contributed by atoms with Crippen LogP contribution in [0.15, 0.2) is 48.5 Å². The standard InChI is InChI=1S/C22H30O2Si/c1-17-8-10-19(11-9-17)7-6-16-25(4,5)21-14-12-20(13-15-21)18(2)22(23)24-3/h8-15,18H,6-7,16H2,1-5H3/t18-/m0/s1. The van der Waals surface area contributed by atoms with Crippen LogP contribution >= 0.6 is 0 Å². The van der Waals surface area contributed by atoms with E-state index in [1.807, 2.05) is 6.92 Å². The highest BCUT2D eigenvalue weighted by Gasteiger charge is 2.23. The minimum atomic E-state index is -1.45. The van der Waals surface area contributed by atoms with E-state index in [0.717, 1.165) is 12.0 Å². The Morgan fingerprint density at radius 1 is 1.04 bits per heavy atom. The minimum absolute atomic E-state index is 0.178. The van der Waals surface area contributed by atoms with Gasteiger partial charge in [-0.25, -0.2) is 0 Å². The summed E-state index contributed by atoms with van der Waals surface area (Å²) in [5, 5.41) is 1.46. The molecule has 0 spiro atoms. The fraction of sp³-hybridized carbons (Fsp3) is 0.409. The van der Waals surface area contributed by atoms with E-state index in [1.165, 1.54) is 35.9 Å². The molecule has 0 radical (unpaired) electrons. The van der Waals surface area contributed by atoms with Gasteiger partial charge in [-0.3, -0.25) is 4.79 Å². The number of esters is 1. The van der Waals surface area contributed by atoms with E-state index in [0.29, 0.717) is 0 Å². The summed E-state index contributed by atoms with van der Waals surface area (Å²) in [4.78, 5) is 11.7. The van der Waals surface area contributed by atoms with Crippen molar-refractivity contribution in [2.75, 3.05) is 7.11 Å². The Balaban J connectivity index is 1.96. The maximum Gasteiger partial charge on any atom is 0.312 e. The van der Waals surface area contributed by atoms with E-state index in [-0.39, 0.29) is 11.9 Å². The lowest BCUT2D eigenvalue weighted by Gasteiger charge is -2.23. The van der Waals surface area contributed by atoms with Crippen molar-refractivity contribution in [3.05, 3.63) is 65.2 Å². The average molecular weight is 355 g/mol. The molecule has 0 amide bonds. The maximum atomic E-state index is 11.7. The molecule has 0 aliphatic rings. The van der Waals surface area contributed by atoms with Crippen molar-refractivity contribution in [1.29, 1.82) is 0 Å². The number of benzene rings is 2. The van der Waals surface area contributed by atoms with Crippen molar-refractivity contribution >= 4 is 19.2 Å². The van der Waals surface area contributed by atoms with Gasteiger partial charge in [0.25, 0.3) is 0 Å². The number of carbonyl (C=O) groups is 1. The van der Waals surface area contributed by atoms with Gasteiger partial charge in [0.05, 0.1) is 21.1 Å². The van der Waals surface area contributed by atoms with Crippen LogP contribution in [-0.2, 0) is 16.0 Å². The molecule has 25 heavy (non-hydrogen) atoms. The number of hydrogen-bond acceptors (Lipinski definition) is 2. The first-order valence-corrected chi connectivity index (χ1v) is 12.3. The molecule has 0 saturated carbocycles. The van der Waals surface area contributed by atoms with Gasteiger partial charge in [-0.1, -0.05) is 84.8 Å². The number of hydrogen-bond donors (Lipinski definition) is 0. The first-order valence-electron chi connectivity index (χ1n) is 9.07.